The summed E-state index contributed by atoms with van der Waals surface area (Å²) < 4.78 is 8.88. The average Bonchev–Trinajstić information content (AvgIpc) is 0.722. The van der Waals surface area contributed by atoms with Gasteiger partial charge in [0.1, 0.15) is 0 Å². The molecule has 0 aromatic carbocycles. The van der Waals surface area contributed by atoms with Crippen molar-refractivity contribution in [3.05, 3.63) is 0 Å². The molecule has 0 unspecified atom stereocenters. The Bertz CT molecular complexity index is 69.9. The van der Waals surface area contributed by atoms with Crippen molar-refractivity contribution in [1.82, 2.24) is 0 Å². The van der Waals surface area contributed by atoms with E-state index in [-0.39, 0.29) is 99.9 Å². The molecule has 5 nitrogen and oxygen atoms in total. The maximum atomic E-state index is 8.88. The summed E-state index contributed by atoms with van der Waals surface area (Å²) in [6.07, 6.45) is 0. The predicted molar refractivity (Wildman–Crippen MR) is 23.3 cm³/mol. The van der Waals surface area contributed by atoms with Gasteiger partial charge in [-0.2, -0.15) is 0 Å². The molecule has 0 atom stereocenters. The minimum atomic E-state index is -4.64. The number of hydrogen-bond acceptors (Lipinski definition) is 1. The van der Waals surface area contributed by atoms with E-state index in [1.807, 2.05) is 0 Å². The molecule has 0 aliphatic rings. The van der Waals surface area contributed by atoms with Crippen LogP contribution in [0.15, 0.2) is 0 Å². The monoisotopic (exact) mass is 190 g/mol. The summed E-state index contributed by atoms with van der Waals surface area (Å²) in [5.41, 5.74) is 0. The average molecular weight is 190 g/mol. The Kier molecular flexibility index (Phi) is 44.9. The first kappa shape index (κ1) is 29.6. The summed E-state index contributed by atoms with van der Waals surface area (Å²) in [6.45, 7) is 0. The Morgan fingerprint density at radius 2 is 1.11 bits per heavy atom. The fraction of sp³-hybridized carbons (Fsp3) is 0. The van der Waals surface area contributed by atoms with E-state index in [1.54, 1.807) is 0 Å². The van der Waals surface area contributed by atoms with E-state index >= 15 is 0 Å². The number of rotatable bonds is 0. The summed E-state index contributed by atoms with van der Waals surface area (Å²) in [4.78, 5) is 21.6. The summed E-state index contributed by atoms with van der Waals surface area (Å²) in [5, 5.41) is 0. The molecule has 0 spiro atoms. The molecule has 0 heterocycles. The standard InChI is InChI=1S/3Na.H3O4P.H2O.H2.3H/c;;;1-5(2,3)4;;;;;/h;;;(H3,1,2,3,4);1H2;1H;;;/q3*+1;;;;3*-1. The molecule has 9 heteroatoms. The van der Waals surface area contributed by atoms with Gasteiger partial charge in [0.2, 0.25) is 0 Å². The van der Waals surface area contributed by atoms with E-state index in [9.17, 15) is 0 Å². The van der Waals surface area contributed by atoms with Crippen LogP contribution in [0, 0.1) is 0 Å². The summed E-state index contributed by atoms with van der Waals surface area (Å²) in [5.74, 6) is 0. The molecule has 0 aromatic heterocycles. The first-order valence-electron chi connectivity index (χ1n) is 0.783. The summed E-state index contributed by atoms with van der Waals surface area (Å²) in [6, 6.07) is 0. The molecule has 5 N–H and O–H groups in total. The van der Waals surface area contributed by atoms with E-state index < -0.39 is 7.82 Å². The van der Waals surface area contributed by atoms with Gasteiger partial charge in [-0.15, -0.1) is 0 Å². The zero-order chi connectivity index (χ0) is 4.50. The van der Waals surface area contributed by atoms with Crippen molar-refractivity contribution in [2.24, 2.45) is 0 Å². The van der Waals surface area contributed by atoms with Gasteiger partial charge in [-0.1, -0.05) is 0 Å². The van der Waals surface area contributed by atoms with E-state index in [0.717, 1.165) is 0 Å². The van der Waals surface area contributed by atoms with Crippen molar-refractivity contribution in [3.63, 3.8) is 0 Å². The Morgan fingerprint density at radius 1 is 1.11 bits per heavy atom. The van der Waals surface area contributed by atoms with Crippen LogP contribution in [0.4, 0.5) is 0 Å². The van der Waals surface area contributed by atoms with Crippen LogP contribution >= 0.6 is 7.82 Å². The van der Waals surface area contributed by atoms with Crippen LogP contribution in [0.1, 0.15) is 5.71 Å². The van der Waals surface area contributed by atoms with Crippen molar-refractivity contribution in [2.75, 3.05) is 0 Å². The van der Waals surface area contributed by atoms with Crippen molar-refractivity contribution < 1.29 is 119 Å². The Hall–Kier alpha value is 3.07. The molecule has 0 rings (SSSR count). The summed E-state index contributed by atoms with van der Waals surface area (Å²) in [7, 11) is -4.64. The van der Waals surface area contributed by atoms with E-state index in [0.29, 0.717) is 0 Å². The van der Waals surface area contributed by atoms with Crippen LogP contribution in [-0.2, 0) is 4.57 Å². The van der Waals surface area contributed by atoms with Gasteiger partial charge in [0, 0.05) is 1.43 Å². The molecule has 9 heavy (non-hydrogen) atoms. The van der Waals surface area contributed by atoms with E-state index in [1.165, 1.54) is 0 Å². The summed E-state index contributed by atoms with van der Waals surface area (Å²) >= 11 is 0. The van der Waals surface area contributed by atoms with Gasteiger partial charge in [0.15, 0.2) is 0 Å². The molecule has 0 saturated heterocycles. The van der Waals surface area contributed by atoms with Gasteiger partial charge in [0.05, 0.1) is 0 Å². The van der Waals surface area contributed by atoms with Crippen molar-refractivity contribution in [3.8, 4) is 0 Å². The Morgan fingerprint density at radius 3 is 1.11 bits per heavy atom. The van der Waals surface area contributed by atoms with Crippen LogP contribution in [0.2, 0.25) is 0 Å². The molecule has 0 bridgehead atoms. The molecule has 0 aromatic rings. The first-order chi connectivity index (χ1) is 2.00. The molecule has 0 aliphatic heterocycles. The second-order valence-corrected chi connectivity index (χ2v) is 1.54. The third kappa shape index (κ3) is 96.6. The Labute approximate surface area is 125 Å². The zero-order valence-corrected chi connectivity index (χ0v) is 12.6. The molecule has 0 radical (unpaired) electrons. The van der Waals surface area contributed by atoms with Crippen molar-refractivity contribution in [1.29, 1.82) is 0 Å². The predicted octanol–water partition coefficient (Wildman–Crippen LogP) is -10.2. The van der Waals surface area contributed by atoms with Gasteiger partial charge in [-0.3, -0.25) is 0 Å². The third-order valence-electron chi connectivity index (χ3n) is 0. The molecular formula is H10Na3O5P. The Balaban J connectivity index is -0.00000000286. The second-order valence-electron chi connectivity index (χ2n) is 0.513. The maximum Gasteiger partial charge on any atom is 1.00 e. The van der Waals surface area contributed by atoms with Gasteiger partial charge in [0.25, 0.3) is 0 Å². The molecule has 0 fully saturated rings. The minimum absolute atomic E-state index is 0. The fourth-order valence-electron chi connectivity index (χ4n) is 0. The SMILES string of the molecule is O.O=P(O)(O)O.[H-].[H-].[H-].[HH].[Na+].[Na+].[Na+]. The zero-order valence-electron chi connectivity index (χ0n) is 8.70. The fourth-order valence-corrected chi connectivity index (χ4v) is 0. The van der Waals surface area contributed by atoms with Crippen molar-refractivity contribution >= 4 is 7.82 Å². The van der Waals surface area contributed by atoms with E-state index in [2.05, 4.69) is 0 Å². The van der Waals surface area contributed by atoms with E-state index in [4.69, 9.17) is 19.2 Å². The smallest absolute Gasteiger partial charge is 1.00 e. The normalized spacial score (nSPS) is 6.56. The van der Waals surface area contributed by atoms with Gasteiger partial charge in [-0.25, -0.2) is 4.57 Å². The maximum absolute atomic E-state index is 8.88. The third-order valence-corrected chi connectivity index (χ3v) is 0. The van der Waals surface area contributed by atoms with Gasteiger partial charge >= 0.3 is 96.5 Å². The van der Waals surface area contributed by atoms with Crippen LogP contribution in [-0.4, -0.2) is 20.2 Å². The first-order valence-corrected chi connectivity index (χ1v) is 2.35. The van der Waals surface area contributed by atoms with Crippen LogP contribution in [0.3, 0.4) is 0 Å². The van der Waals surface area contributed by atoms with Crippen LogP contribution < -0.4 is 88.7 Å². The van der Waals surface area contributed by atoms with Crippen molar-refractivity contribution in [2.45, 2.75) is 0 Å². The molecule has 0 aliphatic carbocycles. The van der Waals surface area contributed by atoms with Crippen LogP contribution in [0.5, 0.6) is 0 Å². The molecule has 48 valence electrons. The van der Waals surface area contributed by atoms with Gasteiger partial charge < -0.3 is 24.4 Å². The topological polar surface area (TPSA) is 109 Å². The van der Waals surface area contributed by atoms with Gasteiger partial charge in [-0.05, 0) is 0 Å². The quantitative estimate of drug-likeness (QED) is 0.260. The largest absolute Gasteiger partial charge is 1.00 e. The molecular weight excluding hydrogens is 180 g/mol. The minimum Gasteiger partial charge on any atom is -1.00 e. The second kappa shape index (κ2) is 13.6. The van der Waals surface area contributed by atoms with Crippen LogP contribution in [0.25, 0.3) is 0 Å². The number of phosphoric acid groups is 1. The molecule has 0 amide bonds. The number of hydrogen-bond donors (Lipinski definition) is 3. The molecule has 0 saturated carbocycles.